The van der Waals surface area contributed by atoms with Crippen molar-refractivity contribution in [1.29, 1.82) is 0 Å². The van der Waals surface area contributed by atoms with Crippen LogP contribution >= 0.6 is 0 Å². The molecule has 2 aliphatic rings. The number of nitrogens with one attached hydrogen (secondary N) is 1. The summed E-state index contributed by atoms with van der Waals surface area (Å²) >= 11 is 0. The molecule has 0 spiro atoms. The van der Waals surface area contributed by atoms with Gasteiger partial charge in [-0.2, -0.15) is 0 Å². The molecule has 1 aliphatic carbocycles. The number of fused-ring (bicyclic) bond motifs is 1. The molecule has 134 valence electrons. The first kappa shape index (κ1) is 16.4. The van der Waals surface area contributed by atoms with Gasteiger partial charge in [0.2, 0.25) is 5.91 Å². The smallest absolute Gasteiger partial charge is 0.220 e. The summed E-state index contributed by atoms with van der Waals surface area (Å²) in [5.74, 6) is 5.26. The third-order valence-corrected chi connectivity index (χ3v) is 5.39. The predicted octanol–water partition coefficient (Wildman–Crippen LogP) is 2.97. The van der Waals surface area contributed by atoms with E-state index in [2.05, 4.69) is 33.1 Å². The van der Waals surface area contributed by atoms with E-state index < -0.39 is 0 Å². The fraction of sp³-hybridized carbons (Fsp3) is 0.632. The van der Waals surface area contributed by atoms with Gasteiger partial charge in [0.15, 0.2) is 5.82 Å². The average Bonchev–Trinajstić information content (AvgIpc) is 3.06. The Hall–Kier alpha value is -2.11. The van der Waals surface area contributed by atoms with Gasteiger partial charge in [0.25, 0.3) is 0 Å². The standard InChI is InChI=1S/C19H26N4O2/c1-13-11-15(13)16-8-6-14(25-16)7-9-19(24)20-12-18-22-21-17-5-3-2-4-10-23(17)18/h6,8,13,15H,2-5,7,9-12H2,1H3,(H,20,24). The maximum absolute atomic E-state index is 12.1. The van der Waals surface area contributed by atoms with Gasteiger partial charge in [-0.1, -0.05) is 13.3 Å². The lowest BCUT2D eigenvalue weighted by atomic mass is 10.2. The molecular formula is C19H26N4O2. The second kappa shape index (κ2) is 7.02. The van der Waals surface area contributed by atoms with Gasteiger partial charge >= 0.3 is 0 Å². The van der Waals surface area contributed by atoms with Crippen molar-refractivity contribution in [2.45, 2.75) is 70.9 Å². The SMILES string of the molecule is CC1CC1c1ccc(CCC(=O)NCc2nnc3n2CCCCC3)o1. The molecular weight excluding hydrogens is 316 g/mol. The number of aromatic nitrogens is 3. The van der Waals surface area contributed by atoms with Gasteiger partial charge in [0, 0.05) is 31.7 Å². The van der Waals surface area contributed by atoms with Gasteiger partial charge in [-0.25, -0.2) is 0 Å². The second-order valence-corrected chi connectivity index (χ2v) is 7.40. The molecule has 1 N–H and O–H groups in total. The number of nitrogens with zero attached hydrogens (tertiary/aromatic N) is 3. The van der Waals surface area contributed by atoms with Crippen molar-refractivity contribution >= 4 is 5.91 Å². The summed E-state index contributed by atoms with van der Waals surface area (Å²) in [7, 11) is 0. The Morgan fingerprint density at radius 1 is 1.32 bits per heavy atom. The fourth-order valence-electron chi connectivity index (χ4n) is 3.63. The summed E-state index contributed by atoms with van der Waals surface area (Å²) in [6.07, 6.45) is 6.86. The van der Waals surface area contributed by atoms with E-state index in [1.54, 1.807) is 0 Å². The third kappa shape index (κ3) is 3.78. The number of carbonyl (C=O) groups excluding carboxylic acids is 1. The molecule has 1 fully saturated rings. The minimum Gasteiger partial charge on any atom is -0.466 e. The van der Waals surface area contributed by atoms with E-state index in [-0.39, 0.29) is 5.91 Å². The van der Waals surface area contributed by atoms with Crippen molar-refractivity contribution in [1.82, 2.24) is 20.1 Å². The minimum absolute atomic E-state index is 0.0312. The summed E-state index contributed by atoms with van der Waals surface area (Å²) in [6, 6.07) is 4.07. The summed E-state index contributed by atoms with van der Waals surface area (Å²) < 4.78 is 8.03. The van der Waals surface area contributed by atoms with Gasteiger partial charge in [-0.05, 0) is 37.3 Å². The summed E-state index contributed by atoms with van der Waals surface area (Å²) in [6.45, 7) is 3.66. The zero-order chi connectivity index (χ0) is 17.2. The van der Waals surface area contributed by atoms with Crippen LogP contribution < -0.4 is 5.32 Å². The molecule has 4 rings (SSSR count). The molecule has 0 aromatic carbocycles. The van der Waals surface area contributed by atoms with E-state index in [9.17, 15) is 4.79 Å². The number of carbonyl (C=O) groups is 1. The predicted molar refractivity (Wildman–Crippen MR) is 93.0 cm³/mol. The van der Waals surface area contributed by atoms with Crippen LogP contribution in [0.1, 0.15) is 68.1 Å². The second-order valence-electron chi connectivity index (χ2n) is 7.40. The van der Waals surface area contributed by atoms with Crippen molar-refractivity contribution in [3.8, 4) is 0 Å². The topological polar surface area (TPSA) is 73.0 Å². The quantitative estimate of drug-likeness (QED) is 0.876. The van der Waals surface area contributed by atoms with Gasteiger partial charge < -0.3 is 14.3 Å². The van der Waals surface area contributed by atoms with Crippen molar-refractivity contribution in [2.75, 3.05) is 0 Å². The molecule has 0 saturated heterocycles. The van der Waals surface area contributed by atoms with E-state index in [1.807, 2.05) is 6.07 Å². The van der Waals surface area contributed by atoms with Crippen LogP contribution in [0.2, 0.25) is 0 Å². The van der Waals surface area contributed by atoms with Gasteiger partial charge in [0.05, 0.1) is 6.54 Å². The van der Waals surface area contributed by atoms with Crippen LogP contribution in [-0.4, -0.2) is 20.7 Å². The normalized spacial score (nSPS) is 22.3. The first-order chi connectivity index (χ1) is 12.2. The molecule has 25 heavy (non-hydrogen) atoms. The Labute approximate surface area is 148 Å². The molecule has 2 atom stereocenters. The number of aryl methyl sites for hydroxylation is 2. The van der Waals surface area contributed by atoms with E-state index in [0.29, 0.717) is 25.3 Å². The summed E-state index contributed by atoms with van der Waals surface area (Å²) in [4.78, 5) is 12.1. The highest BCUT2D eigenvalue weighted by atomic mass is 16.3. The molecule has 6 nitrogen and oxygen atoms in total. The zero-order valence-electron chi connectivity index (χ0n) is 14.8. The van der Waals surface area contributed by atoms with E-state index >= 15 is 0 Å². The van der Waals surface area contributed by atoms with Gasteiger partial charge in [-0.3, -0.25) is 4.79 Å². The number of hydrogen-bond acceptors (Lipinski definition) is 4. The molecule has 1 aliphatic heterocycles. The molecule has 1 saturated carbocycles. The lowest BCUT2D eigenvalue weighted by Gasteiger charge is -2.08. The Morgan fingerprint density at radius 3 is 3.04 bits per heavy atom. The van der Waals surface area contributed by atoms with Crippen LogP contribution in [0.15, 0.2) is 16.5 Å². The molecule has 2 aromatic rings. The monoisotopic (exact) mass is 342 g/mol. The number of hydrogen-bond donors (Lipinski definition) is 1. The highest BCUT2D eigenvalue weighted by molar-refractivity contribution is 5.75. The molecule has 1 amide bonds. The van der Waals surface area contributed by atoms with Crippen LogP contribution in [0.4, 0.5) is 0 Å². The minimum atomic E-state index is 0.0312. The first-order valence-electron chi connectivity index (χ1n) is 9.47. The first-order valence-corrected chi connectivity index (χ1v) is 9.47. The lowest BCUT2D eigenvalue weighted by molar-refractivity contribution is -0.121. The van der Waals surface area contributed by atoms with Crippen LogP contribution in [0.25, 0.3) is 0 Å². The third-order valence-electron chi connectivity index (χ3n) is 5.39. The maximum atomic E-state index is 12.1. The maximum Gasteiger partial charge on any atom is 0.220 e. The number of furan rings is 1. The summed E-state index contributed by atoms with van der Waals surface area (Å²) in [5.41, 5.74) is 0. The van der Waals surface area contributed by atoms with Crippen LogP contribution in [0.3, 0.4) is 0 Å². The van der Waals surface area contributed by atoms with Crippen LogP contribution in [0, 0.1) is 5.92 Å². The van der Waals surface area contributed by atoms with Gasteiger partial charge in [0.1, 0.15) is 17.3 Å². The zero-order valence-corrected chi connectivity index (χ0v) is 14.8. The largest absolute Gasteiger partial charge is 0.466 e. The Morgan fingerprint density at radius 2 is 2.20 bits per heavy atom. The van der Waals surface area contributed by atoms with E-state index in [4.69, 9.17) is 4.42 Å². The van der Waals surface area contributed by atoms with Crippen molar-refractivity contribution < 1.29 is 9.21 Å². The number of rotatable bonds is 6. The molecule has 0 bridgehead atoms. The van der Waals surface area contributed by atoms with Crippen molar-refractivity contribution in [2.24, 2.45) is 5.92 Å². The Kier molecular flexibility index (Phi) is 4.59. The Bertz CT molecular complexity index is 748. The van der Waals surface area contributed by atoms with E-state index in [0.717, 1.165) is 48.5 Å². The number of amides is 1. The molecule has 0 radical (unpaired) electrons. The highest BCUT2D eigenvalue weighted by Crippen LogP contribution is 2.47. The highest BCUT2D eigenvalue weighted by Gasteiger charge is 2.36. The van der Waals surface area contributed by atoms with Crippen LogP contribution in [-0.2, 0) is 30.7 Å². The lowest BCUT2D eigenvalue weighted by Crippen LogP contribution is -2.25. The van der Waals surface area contributed by atoms with Gasteiger partial charge in [-0.15, -0.1) is 10.2 Å². The summed E-state index contributed by atoms with van der Waals surface area (Å²) in [5, 5.41) is 11.5. The average molecular weight is 342 g/mol. The fourth-order valence-corrected chi connectivity index (χ4v) is 3.63. The Balaban J connectivity index is 1.25. The van der Waals surface area contributed by atoms with Crippen molar-refractivity contribution in [3.63, 3.8) is 0 Å². The van der Waals surface area contributed by atoms with E-state index in [1.165, 1.54) is 19.3 Å². The molecule has 3 heterocycles. The van der Waals surface area contributed by atoms with Crippen molar-refractivity contribution in [3.05, 3.63) is 35.3 Å². The van der Waals surface area contributed by atoms with Crippen LogP contribution in [0.5, 0.6) is 0 Å². The molecule has 2 aromatic heterocycles. The molecule has 6 heteroatoms. The molecule has 2 unspecified atom stereocenters.